The molecular weight excluding hydrogens is 528 g/mol. The fourth-order valence-corrected chi connectivity index (χ4v) is 3.58. The maximum atomic E-state index is 9.15. The van der Waals surface area contributed by atoms with Crippen molar-refractivity contribution >= 4 is 11.4 Å². The van der Waals surface area contributed by atoms with E-state index in [0.717, 1.165) is 11.4 Å². The van der Waals surface area contributed by atoms with Crippen molar-refractivity contribution in [1.82, 2.24) is 19.9 Å². The minimum Gasteiger partial charge on any atom is -0.378 e. The lowest BCUT2D eigenvalue weighted by molar-refractivity contribution is 1.10. The van der Waals surface area contributed by atoms with Gasteiger partial charge in [0.05, 0.1) is 0 Å². The highest BCUT2D eigenvalue weighted by atomic mass is 15.1. The second-order valence-electron chi connectivity index (χ2n) is 8.79. The molecule has 0 aliphatic heterocycles. The van der Waals surface area contributed by atoms with E-state index >= 15 is 0 Å². The monoisotopic (exact) mass is 548 g/mol. The summed E-state index contributed by atoms with van der Waals surface area (Å²) in [6, 6.07) is 25.7. The zero-order chi connectivity index (χ0) is 30.8. The van der Waals surface area contributed by atoms with E-state index in [-0.39, 0.29) is 34.2 Å². The molecule has 0 atom stereocenters. The number of hydrogen-bond acceptors (Lipinski definition) is 12. The molecule has 2 aromatic heterocycles. The van der Waals surface area contributed by atoms with Crippen LogP contribution in [0.3, 0.4) is 0 Å². The van der Waals surface area contributed by atoms with Crippen LogP contribution in [0, 0.1) is 68.0 Å². The van der Waals surface area contributed by atoms with Gasteiger partial charge in [-0.3, -0.25) is 0 Å². The number of hydrogen-bond donors (Lipinski definition) is 0. The Morgan fingerprint density at radius 2 is 0.667 bits per heavy atom. The molecule has 4 rings (SSSR count). The number of rotatable bonds is 4. The molecular formula is C30H20N12. The molecule has 0 amide bonds. The molecule has 200 valence electrons. The van der Waals surface area contributed by atoms with Crippen molar-refractivity contribution in [3.8, 4) is 58.9 Å². The Morgan fingerprint density at radius 3 is 0.905 bits per heavy atom. The molecule has 0 N–H and O–H groups in total. The Hall–Kier alpha value is -6.86. The maximum Gasteiger partial charge on any atom is 0.178 e. The van der Waals surface area contributed by atoms with Crippen molar-refractivity contribution < 1.29 is 0 Å². The van der Waals surface area contributed by atoms with Crippen molar-refractivity contribution in [1.29, 1.82) is 31.6 Å². The van der Waals surface area contributed by atoms with E-state index in [0.29, 0.717) is 22.5 Å². The van der Waals surface area contributed by atoms with Crippen LogP contribution < -0.4 is 9.80 Å². The third-order valence-corrected chi connectivity index (χ3v) is 5.74. The highest BCUT2D eigenvalue weighted by molar-refractivity contribution is 5.69. The summed E-state index contributed by atoms with van der Waals surface area (Å²) in [5.74, 6) is 0. The Bertz CT molecular complexity index is 1740. The normalized spacial score (nSPS) is 9.29. The standard InChI is InChI=1S/2C15H10N6/c2*1-21(2)11-5-3-10(4-6-11)15-14(9-18)19-12(7-16)13(8-17)20-15/h2*3-6H,1-2H3. The number of aromatic nitrogens is 4. The minimum atomic E-state index is -0.136. The van der Waals surface area contributed by atoms with Gasteiger partial charge < -0.3 is 9.80 Å². The zero-order valence-corrected chi connectivity index (χ0v) is 23.0. The smallest absolute Gasteiger partial charge is 0.178 e. The minimum absolute atomic E-state index is 0.0307. The van der Waals surface area contributed by atoms with Gasteiger partial charge in [0.2, 0.25) is 0 Å². The lowest BCUT2D eigenvalue weighted by Gasteiger charge is -2.12. The van der Waals surface area contributed by atoms with E-state index in [1.54, 1.807) is 36.4 Å². The van der Waals surface area contributed by atoms with E-state index in [4.69, 9.17) is 31.6 Å². The molecule has 0 aliphatic rings. The SMILES string of the molecule is CN(C)c1ccc(-c2nc(C#N)c(C#N)nc2C#N)cc1.CN(C)c1ccc(-c2nc(C#N)c(C#N)nc2C#N)cc1. The van der Waals surface area contributed by atoms with Gasteiger partial charge in [-0.2, -0.15) is 31.6 Å². The van der Waals surface area contributed by atoms with Gasteiger partial charge in [-0.15, -0.1) is 0 Å². The summed E-state index contributed by atoms with van der Waals surface area (Å²) in [6.07, 6.45) is 0. The largest absolute Gasteiger partial charge is 0.378 e. The molecule has 42 heavy (non-hydrogen) atoms. The van der Waals surface area contributed by atoms with Crippen molar-refractivity contribution in [2.24, 2.45) is 0 Å². The average Bonchev–Trinajstić information content (AvgIpc) is 3.03. The lowest BCUT2D eigenvalue weighted by Crippen LogP contribution is -2.08. The number of nitrogens with zero attached hydrogens (tertiary/aromatic N) is 12. The first kappa shape index (κ1) is 29.7. The number of benzene rings is 2. The van der Waals surface area contributed by atoms with Crippen LogP contribution >= 0.6 is 0 Å². The van der Waals surface area contributed by atoms with Crippen LogP contribution in [-0.4, -0.2) is 48.1 Å². The van der Waals surface area contributed by atoms with E-state index in [9.17, 15) is 0 Å². The predicted octanol–water partition coefficient (Wildman–Crippen LogP) is 3.65. The average molecular weight is 549 g/mol. The topological polar surface area (TPSA) is 201 Å². The van der Waals surface area contributed by atoms with Crippen LogP contribution in [0.25, 0.3) is 22.5 Å². The maximum absolute atomic E-state index is 9.15. The van der Waals surface area contributed by atoms with Gasteiger partial charge >= 0.3 is 0 Å². The zero-order valence-electron chi connectivity index (χ0n) is 23.0. The molecule has 2 aromatic carbocycles. The van der Waals surface area contributed by atoms with E-state index in [1.165, 1.54) is 0 Å². The van der Waals surface area contributed by atoms with Crippen molar-refractivity contribution in [3.63, 3.8) is 0 Å². The summed E-state index contributed by atoms with van der Waals surface area (Å²) in [4.78, 5) is 19.9. The number of nitriles is 6. The summed E-state index contributed by atoms with van der Waals surface area (Å²) in [5.41, 5.74) is 3.58. The van der Waals surface area contributed by atoms with Crippen molar-refractivity contribution in [2.75, 3.05) is 38.0 Å². The molecule has 0 fully saturated rings. The highest BCUT2D eigenvalue weighted by Crippen LogP contribution is 2.25. The Kier molecular flexibility index (Phi) is 9.39. The van der Waals surface area contributed by atoms with Gasteiger partial charge in [0.15, 0.2) is 34.2 Å². The summed E-state index contributed by atoms with van der Waals surface area (Å²) in [5, 5.41) is 54.1. The van der Waals surface area contributed by atoms with Crippen molar-refractivity contribution in [3.05, 3.63) is 82.7 Å². The molecule has 4 aromatic rings. The highest BCUT2D eigenvalue weighted by Gasteiger charge is 2.16. The third-order valence-electron chi connectivity index (χ3n) is 5.74. The quantitative estimate of drug-likeness (QED) is 0.359. The van der Waals surface area contributed by atoms with Crippen LogP contribution in [0.2, 0.25) is 0 Å². The first-order chi connectivity index (χ1) is 20.2. The molecule has 0 unspecified atom stereocenters. The third kappa shape index (κ3) is 6.40. The van der Waals surface area contributed by atoms with Crippen LogP contribution in [-0.2, 0) is 0 Å². The van der Waals surface area contributed by atoms with Crippen LogP contribution in [0.5, 0.6) is 0 Å². The van der Waals surface area contributed by atoms with E-state index < -0.39 is 0 Å². The second-order valence-corrected chi connectivity index (χ2v) is 8.79. The Balaban J connectivity index is 0.000000230. The molecule has 0 saturated carbocycles. The molecule has 12 nitrogen and oxygen atoms in total. The Morgan fingerprint density at radius 1 is 0.405 bits per heavy atom. The van der Waals surface area contributed by atoms with Gasteiger partial charge in [-0.1, -0.05) is 24.3 Å². The van der Waals surface area contributed by atoms with Crippen molar-refractivity contribution in [2.45, 2.75) is 0 Å². The first-order valence-corrected chi connectivity index (χ1v) is 12.0. The summed E-state index contributed by atoms with van der Waals surface area (Å²) >= 11 is 0. The first-order valence-electron chi connectivity index (χ1n) is 12.0. The van der Waals surface area contributed by atoms with Gasteiger partial charge in [0.1, 0.15) is 47.8 Å². The molecule has 0 spiro atoms. The van der Waals surface area contributed by atoms with Gasteiger partial charge in [-0.05, 0) is 24.3 Å². The van der Waals surface area contributed by atoms with Gasteiger partial charge in [0.25, 0.3) is 0 Å². The van der Waals surface area contributed by atoms with E-state index in [1.807, 2.05) is 86.5 Å². The number of anilines is 2. The van der Waals surface area contributed by atoms with E-state index in [2.05, 4.69) is 19.9 Å². The molecule has 12 heteroatoms. The molecule has 0 radical (unpaired) electrons. The second kappa shape index (κ2) is 13.3. The fourth-order valence-electron chi connectivity index (χ4n) is 3.58. The molecule has 0 aliphatic carbocycles. The lowest BCUT2D eigenvalue weighted by atomic mass is 10.1. The van der Waals surface area contributed by atoms with Crippen LogP contribution in [0.1, 0.15) is 34.2 Å². The van der Waals surface area contributed by atoms with Crippen LogP contribution in [0.4, 0.5) is 11.4 Å². The summed E-state index contributed by atoms with van der Waals surface area (Å²) in [6.45, 7) is 0. The fraction of sp³-hybridized carbons (Fsp3) is 0.133. The molecule has 0 bridgehead atoms. The Labute approximate surface area is 242 Å². The summed E-state index contributed by atoms with van der Waals surface area (Å²) < 4.78 is 0. The molecule has 2 heterocycles. The molecule has 0 saturated heterocycles. The van der Waals surface area contributed by atoms with Gasteiger partial charge in [0, 0.05) is 50.7 Å². The van der Waals surface area contributed by atoms with Gasteiger partial charge in [-0.25, -0.2) is 19.9 Å². The van der Waals surface area contributed by atoms with Crippen LogP contribution in [0.15, 0.2) is 48.5 Å². The summed E-state index contributed by atoms with van der Waals surface area (Å²) in [7, 11) is 7.69. The predicted molar refractivity (Wildman–Crippen MR) is 152 cm³/mol.